The van der Waals surface area contributed by atoms with Crippen LogP contribution in [0.25, 0.3) is 71.3 Å². The van der Waals surface area contributed by atoms with Crippen molar-refractivity contribution in [1.82, 2.24) is 4.57 Å². The van der Waals surface area contributed by atoms with Crippen LogP contribution in [0.5, 0.6) is 0 Å². The Bertz CT molecular complexity index is 2880. The van der Waals surface area contributed by atoms with E-state index < -0.39 is 0 Å². The molecule has 0 unspecified atom stereocenters. The minimum atomic E-state index is -0.237. The second kappa shape index (κ2) is 11.2. The summed E-state index contributed by atoms with van der Waals surface area (Å²) in [4.78, 5) is 2.30. The van der Waals surface area contributed by atoms with Gasteiger partial charge in [-0.05, 0) is 71.6 Å². The Morgan fingerprint density at radius 2 is 1.10 bits per heavy atom. The molecule has 0 saturated heterocycles. The van der Waals surface area contributed by atoms with Gasteiger partial charge in [-0.1, -0.05) is 115 Å². The van der Waals surface area contributed by atoms with E-state index in [0.717, 1.165) is 77.5 Å². The Hall–Kier alpha value is -6.65. The quantitative estimate of drug-likeness (QED) is 0.186. The number of para-hydroxylation sites is 4. The molecule has 0 radical (unpaired) electrons. The van der Waals surface area contributed by atoms with E-state index in [1.165, 1.54) is 11.5 Å². The number of hydrogen-bond donors (Lipinski definition) is 0. The van der Waals surface area contributed by atoms with Crippen molar-refractivity contribution in [2.75, 3.05) is 4.90 Å². The van der Waals surface area contributed by atoms with Crippen LogP contribution in [0.15, 0.2) is 180 Å². The first-order valence-electron chi connectivity index (χ1n) is 16.8. The molecule has 8 aromatic carbocycles. The second-order valence-corrected chi connectivity index (χ2v) is 12.7. The average molecular weight is 645 g/mol. The van der Waals surface area contributed by atoms with E-state index in [1.54, 1.807) is 6.07 Å². The molecule has 0 fully saturated rings. The third kappa shape index (κ3) is 4.35. The SMILES string of the molecule is Fc1cccc2c3ccccc3n(-c3ccc(N(c4ccc(-c5cccc6c5oc5ccccc56)cc4)c4cccc5ccccc45)cc3)c12. The number of benzene rings is 8. The fourth-order valence-corrected chi connectivity index (χ4v) is 7.59. The summed E-state index contributed by atoms with van der Waals surface area (Å²) in [6.45, 7) is 0. The van der Waals surface area contributed by atoms with Gasteiger partial charge in [0.15, 0.2) is 0 Å². The van der Waals surface area contributed by atoms with Crippen LogP contribution in [-0.2, 0) is 0 Å². The highest BCUT2D eigenvalue weighted by Gasteiger charge is 2.19. The summed E-state index contributed by atoms with van der Waals surface area (Å²) >= 11 is 0. The molecular weight excluding hydrogens is 616 g/mol. The number of hydrogen-bond acceptors (Lipinski definition) is 2. The Morgan fingerprint density at radius 3 is 1.94 bits per heavy atom. The topological polar surface area (TPSA) is 21.3 Å². The zero-order valence-corrected chi connectivity index (χ0v) is 26.9. The van der Waals surface area contributed by atoms with Crippen LogP contribution in [0.3, 0.4) is 0 Å². The van der Waals surface area contributed by atoms with E-state index >= 15 is 4.39 Å². The third-order valence-electron chi connectivity index (χ3n) is 9.86. The first-order valence-corrected chi connectivity index (χ1v) is 16.8. The van der Waals surface area contributed by atoms with Crippen molar-refractivity contribution in [2.45, 2.75) is 0 Å². The second-order valence-electron chi connectivity index (χ2n) is 12.7. The van der Waals surface area contributed by atoms with E-state index in [0.29, 0.717) is 5.52 Å². The highest BCUT2D eigenvalue weighted by Crippen LogP contribution is 2.42. The van der Waals surface area contributed by atoms with Crippen molar-refractivity contribution < 1.29 is 8.81 Å². The average Bonchev–Trinajstić information content (AvgIpc) is 3.73. The molecule has 10 rings (SSSR count). The van der Waals surface area contributed by atoms with E-state index in [-0.39, 0.29) is 5.82 Å². The lowest BCUT2D eigenvalue weighted by Crippen LogP contribution is -2.10. The largest absolute Gasteiger partial charge is 0.455 e. The van der Waals surface area contributed by atoms with Gasteiger partial charge in [0.1, 0.15) is 17.0 Å². The zero-order valence-electron chi connectivity index (χ0n) is 26.9. The summed E-state index contributed by atoms with van der Waals surface area (Å²) in [5.74, 6) is -0.237. The summed E-state index contributed by atoms with van der Waals surface area (Å²) in [5.41, 5.74) is 9.48. The zero-order chi connectivity index (χ0) is 33.2. The maximum absolute atomic E-state index is 15.4. The van der Waals surface area contributed by atoms with E-state index in [9.17, 15) is 0 Å². The molecule has 0 amide bonds. The molecule has 2 heterocycles. The highest BCUT2D eigenvalue weighted by molar-refractivity contribution is 6.10. The van der Waals surface area contributed by atoms with Crippen LogP contribution in [0.4, 0.5) is 21.5 Å². The predicted octanol–water partition coefficient (Wildman–Crippen LogP) is 13.1. The Morgan fingerprint density at radius 1 is 0.480 bits per heavy atom. The van der Waals surface area contributed by atoms with Crippen LogP contribution in [0.1, 0.15) is 0 Å². The van der Waals surface area contributed by atoms with Gasteiger partial charge in [-0.3, -0.25) is 0 Å². The number of rotatable bonds is 5. The smallest absolute Gasteiger partial charge is 0.147 e. The minimum absolute atomic E-state index is 0.237. The van der Waals surface area contributed by atoms with Crippen molar-refractivity contribution in [1.29, 1.82) is 0 Å². The molecule has 3 nitrogen and oxygen atoms in total. The number of nitrogens with zero attached hydrogens (tertiary/aromatic N) is 2. The van der Waals surface area contributed by atoms with E-state index in [4.69, 9.17) is 4.42 Å². The molecule has 0 N–H and O–H groups in total. The van der Waals surface area contributed by atoms with Gasteiger partial charge >= 0.3 is 0 Å². The fraction of sp³-hybridized carbons (Fsp3) is 0. The first-order chi connectivity index (χ1) is 24.7. The lowest BCUT2D eigenvalue weighted by atomic mass is 10.0. The minimum Gasteiger partial charge on any atom is -0.455 e. The number of aromatic nitrogens is 1. The Labute approximate surface area is 287 Å². The summed E-state index contributed by atoms with van der Waals surface area (Å²) in [5, 5.41) is 6.49. The monoisotopic (exact) mass is 644 g/mol. The van der Waals surface area contributed by atoms with E-state index in [1.807, 2.05) is 41.0 Å². The van der Waals surface area contributed by atoms with Gasteiger partial charge in [-0.25, -0.2) is 4.39 Å². The number of anilines is 3. The Kier molecular flexibility index (Phi) is 6.36. The summed E-state index contributed by atoms with van der Waals surface area (Å²) in [6.07, 6.45) is 0. The van der Waals surface area contributed by atoms with Crippen molar-refractivity contribution in [3.63, 3.8) is 0 Å². The van der Waals surface area contributed by atoms with Gasteiger partial charge in [-0.15, -0.1) is 0 Å². The summed E-state index contributed by atoms with van der Waals surface area (Å²) in [7, 11) is 0. The van der Waals surface area contributed by atoms with Crippen LogP contribution in [0.2, 0.25) is 0 Å². The molecule has 0 atom stereocenters. The van der Waals surface area contributed by atoms with Crippen LogP contribution in [0, 0.1) is 5.82 Å². The molecule has 0 bridgehead atoms. The normalized spacial score (nSPS) is 11.7. The van der Waals surface area contributed by atoms with Crippen LogP contribution < -0.4 is 4.90 Å². The molecule has 0 aliphatic rings. The maximum atomic E-state index is 15.4. The summed E-state index contributed by atoms with van der Waals surface area (Å²) in [6, 6.07) is 60.0. The van der Waals surface area contributed by atoms with Crippen molar-refractivity contribution >= 4 is 71.6 Å². The number of halogens is 1. The first kappa shape index (κ1) is 28.4. The standard InChI is InChI=1S/C46H29FN2O/c47-41-18-9-16-39-37-13-3-5-19-43(37)49(45(39)41)34-28-26-33(27-29-34)48(42-20-7-11-30-10-1-2-12-35(30)42)32-24-22-31(23-25-32)36-15-8-17-40-38-14-4-6-21-44(38)50-46(36)40/h1-29H. The summed E-state index contributed by atoms with van der Waals surface area (Å²) < 4.78 is 23.8. The fourth-order valence-electron chi connectivity index (χ4n) is 7.59. The van der Waals surface area contributed by atoms with Gasteiger partial charge in [0.2, 0.25) is 0 Å². The van der Waals surface area contributed by atoms with Crippen molar-refractivity contribution in [3.8, 4) is 16.8 Å². The maximum Gasteiger partial charge on any atom is 0.147 e. The molecule has 0 spiro atoms. The van der Waals surface area contributed by atoms with Gasteiger partial charge in [0.05, 0.1) is 16.7 Å². The molecule has 2 aromatic heterocycles. The lowest BCUT2D eigenvalue weighted by molar-refractivity contribution is 0.635. The number of fused-ring (bicyclic) bond motifs is 7. The molecule has 10 aromatic rings. The van der Waals surface area contributed by atoms with Gasteiger partial charge in [0.25, 0.3) is 0 Å². The molecule has 236 valence electrons. The number of furan rings is 1. The molecule has 0 aliphatic carbocycles. The van der Waals surface area contributed by atoms with E-state index in [2.05, 4.69) is 132 Å². The molecular formula is C46H29FN2O. The van der Waals surface area contributed by atoms with Crippen LogP contribution in [-0.4, -0.2) is 4.57 Å². The Balaban J connectivity index is 1.12. The molecule has 0 saturated carbocycles. The molecule has 0 aliphatic heterocycles. The molecule has 4 heteroatoms. The van der Waals surface area contributed by atoms with Crippen LogP contribution >= 0.6 is 0 Å². The van der Waals surface area contributed by atoms with Gasteiger partial charge in [0, 0.05) is 49.6 Å². The lowest BCUT2D eigenvalue weighted by Gasteiger charge is -2.27. The third-order valence-corrected chi connectivity index (χ3v) is 9.86. The predicted molar refractivity (Wildman–Crippen MR) is 206 cm³/mol. The van der Waals surface area contributed by atoms with Gasteiger partial charge < -0.3 is 13.9 Å². The highest BCUT2D eigenvalue weighted by atomic mass is 19.1. The molecule has 50 heavy (non-hydrogen) atoms. The van der Waals surface area contributed by atoms with Crippen molar-refractivity contribution in [3.05, 3.63) is 182 Å². The van der Waals surface area contributed by atoms with Crippen molar-refractivity contribution in [2.24, 2.45) is 0 Å². The van der Waals surface area contributed by atoms with Gasteiger partial charge in [-0.2, -0.15) is 0 Å².